The first-order valence-corrected chi connectivity index (χ1v) is 8.46. The lowest BCUT2D eigenvalue weighted by atomic mass is 10.2. The molecular formula is C11H15BrN2O3S. The molecule has 0 aromatic carbocycles. The normalized spacial score (nSPS) is 11.2. The molecule has 1 N–H and O–H groups in total. The van der Waals surface area contributed by atoms with Crippen molar-refractivity contribution >= 4 is 37.4 Å². The van der Waals surface area contributed by atoms with E-state index in [0.29, 0.717) is 12.1 Å². The van der Waals surface area contributed by atoms with Crippen LogP contribution in [0.4, 0.5) is 5.69 Å². The summed E-state index contributed by atoms with van der Waals surface area (Å²) < 4.78 is 22.4. The zero-order valence-corrected chi connectivity index (χ0v) is 12.4. The summed E-state index contributed by atoms with van der Waals surface area (Å²) in [6.45, 7) is 0. The molecule has 1 aromatic heterocycles. The van der Waals surface area contributed by atoms with Crippen molar-refractivity contribution in [2.75, 3.05) is 16.9 Å². The van der Waals surface area contributed by atoms with E-state index in [9.17, 15) is 13.2 Å². The quantitative estimate of drug-likeness (QED) is 0.637. The molecule has 0 saturated heterocycles. The van der Waals surface area contributed by atoms with Gasteiger partial charge in [0.1, 0.15) is 0 Å². The smallest absolute Gasteiger partial charge is 0.224 e. The molecule has 5 nitrogen and oxygen atoms in total. The molecule has 1 amide bonds. The molecular weight excluding hydrogens is 320 g/mol. The molecule has 1 heterocycles. The Bertz CT molecular complexity index is 500. The van der Waals surface area contributed by atoms with Gasteiger partial charge in [-0.3, -0.25) is 4.79 Å². The predicted octanol–water partition coefficient (Wildman–Crippen LogP) is 1.99. The number of carbonyl (C=O) groups excluding carboxylic acids is 1. The minimum Gasteiger partial charge on any atom is -0.325 e. The SMILES string of the molecule is CS(=O)(=O)c1ccc(NC(=O)CCCCBr)cn1. The summed E-state index contributed by atoms with van der Waals surface area (Å²) in [5, 5.41) is 3.55. The van der Waals surface area contributed by atoms with Crippen LogP contribution in [0.2, 0.25) is 0 Å². The summed E-state index contributed by atoms with van der Waals surface area (Å²) >= 11 is 3.29. The predicted molar refractivity (Wildman–Crippen MR) is 73.6 cm³/mol. The molecule has 0 unspecified atom stereocenters. The van der Waals surface area contributed by atoms with Crippen LogP contribution in [0, 0.1) is 0 Å². The van der Waals surface area contributed by atoms with Crippen LogP contribution in [0.15, 0.2) is 23.4 Å². The van der Waals surface area contributed by atoms with Crippen molar-refractivity contribution in [1.82, 2.24) is 4.98 Å². The largest absolute Gasteiger partial charge is 0.325 e. The minimum atomic E-state index is -3.29. The van der Waals surface area contributed by atoms with Crippen LogP contribution < -0.4 is 5.32 Å². The first-order chi connectivity index (χ1) is 8.43. The number of anilines is 1. The second-order valence-corrected chi connectivity index (χ2v) is 6.61. The Morgan fingerprint density at radius 2 is 2.11 bits per heavy atom. The van der Waals surface area contributed by atoms with Crippen LogP contribution in [0.1, 0.15) is 19.3 Å². The van der Waals surface area contributed by atoms with E-state index in [1.54, 1.807) is 0 Å². The van der Waals surface area contributed by atoms with Gasteiger partial charge in [0, 0.05) is 18.0 Å². The molecule has 18 heavy (non-hydrogen) atoms. The van der Waals surface area contributed by atoms with Crippen LogP contribution in [-0.2, 0) is 14.6 Å². The Morgan fingerprint density at radius 1 is 1.39 bits per heavy atom. The molecule has 0 saturated carbocycles. The molecule has 0 fully saturated rings. The fraction of sp³-hybridized carbons (Fsp3) is 0.455. The maximum atomic E-state index is 11.5. The van der Waals surface area contributed by atoms with E-state index in [1.165, 1.54) is 18.3 Å². The van der Waals surface area contributed by atoms with Crippen molar-refractivity contribution in [2.24, 2.45) is 0 Å². The van der Waals surface area contributed by atoms with Gasteiger partial charge in [0.05, 0.1) is 11.9 Å². The van der Waals surface area contributed by atoms with Crippen LogP contribution >= 0.6 is 15.9 Å². The van der Waals surface area contributed by atoms with E-state index in [2.05, 4.69) is 26.2 Å². The average molecular weight is 335 g/mol. The van der Waals surface area contributed by atoms with Gasteiger partial charge < -0.3 is 5.32 Å². The number of hydrogen-bond acceptors (Lipinski definition) is 4. The lowest BCUT2D eigenvalue weighted by Crippen LogP contribution is -2.11. The van der Waals surface area contributed by atoms with E-state index >= 15 is 0 Å². The molecule has 0 atom stereocenters. The Kier molecular flexibility index (Phi) is 5.74. The number of aromatic nitrogens is 1. The summed E-state index contributed by atoms with van der Waals surface area (Å²) in [6, 6.07) is 2.91. The Labute approximate surface area is 115 Å². The molecule has 0 bridgehead atoms. The van der Waals surface area contributed by atoms with Crippen LogP contribution in [0.3, 0.4) is 0 Å². The molecule has 0 aliphatic heterocycles. The highest BCUT2D eigenvalue weighted by Gasteiger charge is 2.08. The third kappa shape index (κ3) is 5.14. The molecule has 0 spiro atoms. The highest BCUT2D eigenvalue weighted by Crippen LogP contribution is 2.11. The minimum absolute atomic E-state index is 0.000197. The monoisotopic (exact) mass is 334 g/mol. The lowest BCUT2D eigenvalue weighted by Gasteiger charge is -2.05. The van der Waals surface area contributed by atoms with Gasteiger partial charge in [0.2, 0.25) is 5.91 Å². The van der Waals surface area contributed by atoms with Gasteiger partial charge in [-0.2, -0.15) is 0 Å². The summed E-state index contributed by atoms with van der Waals surface area (Å²) in [5.41, 5.74) is 0.506. The number of pyridine rings is 1. The van der Waals surface area contributed by atoms with Gasteiger partial charge >= 0.3 is 0 Å². The Balaban J connectivity index is 2.56. The highest BCUT2D eigenvalue weighted by atomic mass is 79.9. The summed E-state index contributed by atoms with van der Waals surface area (Å²) in [7, 11) is -3.29. The maximum absolute atomic E-state index is 11.5. The fourth-order valence-corrected chi connectivity index (χ4v) is 2.23. The van der Waals surface area contributed by atoms with Crippen LogP contribution in [-0.4, -0.2) is 30.9 Å². The van der Waals surface area contributed by atoms with Crippen LogP contribution in [0.5, 0.6) is 0 Å². The van der Waals surface area contributed by atoms with Gasteiger partial charge in [0.15, 0.2) is 14.9 Å². The highest BCUT2D eigenvalue weighted by molar-refractivity contribution is 9.09. The first-order valence-electron chi connectivity index (χ1n) is 5.45. The van der Waals surface area contributed by atoms with E-state index in [4.69, 9.17) is 0 Å². The Morgan fingerprint density at radius 3 is 2.61 bits per heavy atom. The maximum Gasteiger partial charge on any atom is 0.224 e. The van der Waals surface area contributed by atoms with E-state index in [-0.39, 0.29) is 10.9 Å². The van der Waals surface area contributed by atoms with Gasteiger partial charge in [-0.05, 0) is 25.0 Å². The standard InChI is InChI=1S/C11H15BrN2O3S/c1-18(16,17)11-6-5-9(8-13-11)14-10(15)4-2-3-7-12/h5-6,8H,2-4,7H2,1H3,(H,14,15). The number of unbranched alkanes of at least 4 members (excludes halogenated alkanes) is 1. The van der Waals surface area contributed by atoms with Crippen LogP contribution in [0.25, 0.3) is 0 Å². The number of carbonyl (C=O) groups is 1. The number of sulfone groups is 1. The molecule has 1 aromatic rings. The van der Waals surface area contributed by atoms with E-state index in [0.717, 1.165) is 24.4 Å². The summed E-state index contributed by atoms with van der Waals surface area (Å²) in [5.74, 6) is -0.0927. The number of nitrogens with zero attached hydrogens (tertiary/aromatic N) is 1. The molecule has 0 aliphatic rings. The molecule has 1 rings (SSSR count). The summed E-state index contributed by atoms with van der Waals surface area (Å²) in [6.07, 6.45) is 4.64. The molecule has 100 valence electrons. The first kappa shape index (κ1) is 15.1. The second kappa shape index (κ2) is 6.84. The zero-order chi connectivity index (χ0) is 13.6. The van der Waals surface area contributed by atoms with E-state index < -0.39 is 9.84 Å². The molecule has 0 radical (unpaired) electrons. The topological polar surface area (TPSA) is 76.1 Å². The van der Waals surface area contributed by atoms with Gasteiger partial charge in [0.25, 0.3) is 0 Å². The second-order valence-electron chi connectivity index (χ2n) is 3.85. The average Bonchev–Trinajstić information content (AvgIpc) is 2.29. The van der Waals surface area contributed by atoms with Crippen molar-refractivity contribution in [3.63, 3.8) is 0 Å². The number of halogens is 1. The Hall–Kier alpha value is -0.950. The van der Waals surface area contributed by atoms with Gasteiger partial charge in [-0.1, -0.05) is 15.9 Å². The van der Waals surface area contributed by atoms with Crippen molar-refractivity contribution in [3.05, 3.63) is 18.3 Å². The van der Waals surface area contributed by atoms with Gasteiger partial charge in [-0.15, -0.1) is 0 Å². The van der Waals surface area contributed by atoms with Crippen molar-refractivity contribution in [3.8, 4) is 0 Å². The number of amides is 1. The molecule has 7 heteroatoms. The number of alkyl halides is 1. The van der Waals surface area contributed by atoms with E-state index in [1.807, 2.05) is 0 Å². The van der Waals surface area contributed by atoms with Crippen molar-refractivity contribution in [2.45, 2.75) is 24.3 Å². The number of rotatable bonds is 6. The lowest BCUT2D eigenvalue weighted by molar-refractivity contribution is -0.116. The van der Waals surface area contributed by atoms with Crippen molar-refractivity contribution in [1.29, 1.82) is 0 Å². The number of hydrogen-bond donors (Lipinski definition) is 1. The third-order valence-electron chi connectivity index (χ3n) is 2.19. The number of nitrogens with one attached hydrogen (secondary N) is 1. The fourth-order valence-electron chi connectivity index (χ4n) is 1.28. The zero-order valence-electron chi connectivity index (χ0n) is 10.0. The third-order valence-corrected chi connectivity index (χ3v) is 3.75. The summed E-state index contributed by atoms with van der Waals surface area (Å²) in [4.78, 5) is 15.3. The molecule has 0 aliphatic carbocycles. The van der Waals surface area contributed by atoms with Gasteiger partial charge in [-0.25, -0.2) is 13.4 Å². The van der Waals surface area contributed by atoms with Crippen molar-refractivity contribution < 1.29 is 13.2 Å².